The molecule has 1 aromatic carbocycles. The summed E-state index contributed by atoms with van der Waals surface area (Å²) in [6.45, 7) is 0.803. The fraction of sp³-hybridized carbons (Fsp3) is 0.267. The number of rotatable bonds is 2. The number of nitrogen functional groups attached to an aromatic ring is 1. The van der Waals surface area contributed by atoms with Crippen LogP contribution in [0, 0.1) is 0 Å². The van der Waals surface area contributed by atoms with Gasteiger partial charge in [-0.25, -0.2) is 0 Å². The van der Waals surface area contributed by atoms with Crippen molar-refractivity contribution in [3.8, 4) is 0 Å². The van der Waals surface area contributed by atoms with Gasteiger partial charge in [-0.2, -0.15) is 0 Å². The summed E-state index contributed by atoms with van der Waals surface area (Å²) in [6, 6.07) is 11.3. The van der Waals surface area contributed by atoms with Crippen molar-refractivity contribution in [2.45, 2.75) is 18.9 Å². The zero-order valence-corrected chi connectivity index (χ0v) is 10.7. The predicted molar refractivity (Wildman–Crippen MR) is 74.7 cm³/mol. The molecule has 0 aliphatic carbocycles. The second-order valence-corrected chi connectivity index (χ2v) is 4.91. The van der Waals surface area contributed by atoms with Crippen LogP contribution >= 0.6 is 0 Å². The molecule has 1 aromatic heterocycles. The highest BCUT2D eigenvalue weighted by Gasteiger charge is 2.31. The second kappa shape index (κ2) is 4.80. The highest BCUT2D eigenvalue weighted by molar-refractivity contribution is 5.95. The maximum absolute atomic E-state index is 12.6. The lowest BCUT2D eigenvalue weighted by Crippen LogP contribution is -2.30. The highest BCUT2D eigenvalue weighted by atomic mass is 16.2. The first-order valence-corrected chi connectivity index (χ1v) is 6.55. The van der Waals surface area contributed by atoms with Crippen LogP contribution in [0.15, 0.2) is 42.6 Å². The minimum Gasteiger partial charge on any atom is -0.399 e. The molecule has 1 aliphatic heterocycles. The molecule has 3 N–H and O–H groups in total. The maximum Gasteiger partial charge on any atom is 0.254 e. The molecule has 4 nitrogen and oxygen atoms in total. The minimum atomic E-state index is 0.0596. The Kier molecular flexibility index (Phi) is 2.99. The molecule has 1 atom stereocenters. The number of amides is 1. The summed E-state index contributed by atoms with van der Waals surface area (Å²) in [7, 11) is 0. The largest absolute Gasteiger partial charge is 0.399 e. The fourth-order valence-electron chi connectivity index (χ4n) is 2.72. The van der Waals surface area contributed by atoms with Crippen LogP contribution in [0.3, 0.4) is 0 Å². The van der Waals surface area contributed by atoms with Crippen molar-refractivity contribution in [3.05, 3.63) is 53.9 Å². The molecular formula is C15H17N3O. The number of aromatic amines is 1. The van der Waals surface area contributed by atoms with E-state index in [1.165, 1.54) is 0 Å². The molecular weight excluding hydrogens is 238 g/mol. The molecule has 3 rings (SSSR count). The van der Waals surface area contributed by atoms with E-state index in [0.29, 0.717) is 11.3 Å². The van der Waals surface area contributed by atoms with Gasteiger partial charge in [0.2, 0.25) is 0 Å². The zero-order valence-electron chi connectivity index (χ0n) is 10.7. The fourth-order valence-corrected chi connectivity index (χ4v) is 2.72. The molecule has 1 amide bonds. The van der Waals surface area contributed by atoms with Gasteiger partial charge in [0, 0.05) is 29.7 Å². The number of hydrogen-bond acceptors (Lipinski definition) is 2. The number of benzene rings is 1. The second-order valence-electron chi connectivity index (χ2n) is 4.91. The Bertz CT molecular complexity index is 577. The number of carbonyl (C=O) groups excluding carboxylic acids is 1. The van der Waals surface area contributed by atoms with Gasteiger partial charge in [0.25, 0.3) is 5.91 Å². The average Bonchev–Trinajstić information content (AvgIpc) is 3.08. The molecule has 1 aliphatic rings. The van der Waals surface area contributed by atoms with Crippen molar-refractivity contribution in [2.24, 2.45) is 0 Å². The Balaban J connectivity index is 1.87. The molecule has 2 aromatic rings. The van der Waals surface area contributed by atoms with E-state index in [9.17, 15) is 4.79 Å². The van der Waals surface area contributed by atoms with E-state index in [-0.39, 0.29) is 11.9 Å². The number of hydrogen-bond donors (Lipinski definition) is 2. The van der Waals surface area contributed by atoms with Crippen LogP contribution in [0.2, 0.25) is 0 Å². The lowest BCUT2D eigenvalue weighted by Gasteiger charge is -2.24. The van der Waals surface area contributed by atoms with Crippen molar-refractivity contribution in [1.29, 1.82) is 0 Å². The van der Waals surface area contributed by atoms with Crippen LogP contribution < -0.4 is 5.73 Å². The van der Waals surface area contributed by atoms with E-state index in [4.69, 9.17) is 5.73 Å². The van der Waals surface area contributed by atoms with E-state index in [2.05, 4.69) is 4.98 Å². The summed E-state index contributed by atoms with van der Waals surface area (Å²) in [5, 5.41) is 0. The van der Waals surface area contributed by atoms with Crippen LogP contribution in [0.1, 0.15) is 34.9 Å². The molecule has 19 heavy (non-hydrogen) atoms. The van der Waals surface area contributed by atoms with E-state index in [1.54, 1.807) is 12.1 Å². The summed E-state index contributed by atoms with van der Waals surface area (Å²) in [6.07, 6.45) is 3.95. The molecule has 98 valence electrons. The molecule has 1 saturated heterocycles. The Morgan fingerprint density at radius 3 is 2.95 bits per heavy atom. The zero-order chi connectivity index (χ0) is 13.2. The van der Waals surface area contributed by atoms with Crippen LogP contribution in [0.5, 0.6) is 0 Å². The van der Waals surface area contributed by atoms with Crippen LogP contribution in [0.4, 0.5) is 5.69 Å². The minimum absolute atomic E-state index is 0.0596. The van der Waals surface area contributed by atoms with E-state index < -0.39 is 0 Å². The van der Waals surface area contributed by atoms with Crippen LogP contribution in [-0.4, -0.2) is 22.3 Å². The molecule has 0 bridgehead atoms. The number of nitrogens with zero attached hydrogens (tertiary/aromatic N) is 1. The first kappa shape index (κ1) is 11.8. The first-order valence-electron chi connectivity index (χ1n) is 6.55. The van der Waals surface area contributed by atoms with Crippen LogP contribution in [0.25, 0.3) is 0 Å². The average molecular weight is 255 g/mol. The van der Waals surface area contributed by atoms with Gasteiger partial charge in [0.15, 0.2) is 0 Å². The van der Waals surface area contributed by atoms with Gasteiger partial charge >= 0.3 is 0 Å². The quantitative estimate of drug-likeness (QED) is 0.810. The van der Waals surface area contributed by atoms with Gasteiger partial charge in [0.1, 0.15) is 0 Å². The van der Waals surface area contributed by atoms with Crippen molar-refractivity contribution < 1.29 is 4.79 Å². The predicted octanol–water partition coefficient (Wildman–Crippen LogP) is 2.57. The normalized spacial score (nSPS) is 18.7. The third-order valence-corrected chi connectivity index (χ3v) is 3.63. The number of H-pyrrole nitrogens is 1. The lowest BCUT2D eigenvalue weighted by atomic mass is 10.1. The number of anilines is 1. The van der Waals surface area contributed by atoms with Crippen LogP contribution in [-0.2, 0) is 0 Å². The smallest absolute Gasteiger partial charge is 0.254 e. The third kappa shape index (κ3) is 2.21. The number of carbonyl (C=O) groups is 1. The lowest BCUT2D eigenvalue weighted by molar-refractivity contribution is 0.0733. The highest BCUT2D eigenvalue weighted by Crippen LogP contribution is 2.32. The first-order chi connectivity index (χ1) is 9.25. The Labute approximate surface area is 112 Å². The van der Waals surface area contributed by atoms with Crippen molar-refractivity contribution in [3.63, 3.8) is 0 Å². The monoisotopic (exact) mass is 255 g/mol. The SMILES string of the molecule is Nc1cccc(C(=O)N2CCCC2c2ccc[nH]2)c1. The number of nitrogens with one attached hydrogen (secondary N) is 1. The summed E-state index contributed by atoms with van der Waals surface area (Å²) < 4.78 is 0. The Morgan fingerprint density at radius 1 is 1.32 bits per heavy atom. The molecule has 0 spiro atoms. The van der Waals surface area contributed by atoms with E-state index in [1.807, 2.05) is 35.4 Å². The van der Waals surface area contributed by atoms with Gasteiger partial charge in [-0.3, -0.25) is 4.79 Å². The molecule has 0 saturated carbocycles. The Morgan fingerprint density at radius 2 is 2.21 bits per heavy atom. The summed E-state index contributed by atoms with van der Waals surface area (Å²) in [5.41, 5.74) is 8.15. The summed E-state index contributed by atoms with van der Waals surface area (Å²) >= 11 is 0. The molecule has 1 fully saturated rings. The van der Waals surface area contributed by atoms with Gasteiger partial charge < -0.3 is 15.6 Å². The molecule has 4 heteroatoms. The maximum atomic E-state index is 12.6. The van der Waals surface area contributed by atoms with Gasteiger partial charge in [-0.05, 0) is 43.2 Å². The van der Waals surface area contributed by atoms with Crippen molar-refractivity contribution in [1.82, 2.24) is 9.88 Å². The Hall–Kier alpha value is -2.23. The van der Waals surface area contributed by atoms with Crippen molar-refractivity contribution in [2.75, 3.05) is 12.3 Å². The standard InChI is InChI=1S/C15H17N3O/c16-12-5-1-4-11(10-12)15(19)18-9-3-7-14(18)13-6-2-8-17-13/h1-2,4-6,8,10,14,17H,3,7,9,16H2. The van der Waals surface area contributed by atoms with Gasteiger partial charge in [-0.1, -0.05) is 6.07 Å². The summed E-state index contributed by atoms with van der Waals surface area (Å²) in [5.74, 6) is 0.0596. The van der Waals surface area contributed by atoms with Gasteiger partial charge in [-0.15, -0.1) is 0 Å². The van der Waals surface area contributed by atoms with E-state index >= 15 is 0 Å². The molecule has 1 unspecified atom stereocenters. The topological polar surface area (TPSA) is 62.1 Å². The third-order valence-electron chi connectivity index (χ3n) is 3.63. The van der Waals surface area contributed by atoms with Crippen molar-refractivity contribution >= 4 is 11.6 Å². The number of likely N-dealkylation sites (tertiary alicyclic amines) is 1. The number of nitrogens with two attached hydrogens (primary N) is 1. The van der Waals surface area contributed by atoms with Gasteiger partial charge in [0.05, 0.1) is 6.04 Å². The number of aromatic nitrogens is 1. The molecule has 2 heterocycles. The molecule has 0 radical (unpaired) electrons. The van der Waals surface area contributed by atoms with E-state index in [0.717, 1.165) is 25.1 Å². The summed E-state index contributed by atoms with van der Waals surface area (Å²) in [4.78, 5) is 17.7.